The van der Waals surface area contributed by atoms with Gasteiger partial charge >= 0.3 is 6.18 Å². The highest BCUT2D eigenvalue weighted by Gasteiger charge is 2.33. The Kier molecular flexibility index (Phi) is 6.80. The largest absolute Gasteiger partial charge is 0.416 e. The van der Waals surface area contributed by atoms with E-state index >= 15 is 0 Å². The van der Waals surface area contributed by atoms with Gasteiger partial charge in [0.05, 0.1) is 26.8 Å². The van der Waals surface area contributed by atoms with E-state index in [0.29, 0.717) is 17.6 Å². The summed E-state index contributed by atoms with van der Waals surface area (Å²) < 4.78 is 38.4. The Labute approximate surface area is 174 Å². The number of piperidine rings is 1. The fourth-order valence-corrected chi connectivity index (χ4v) is 3.94. The van der Waals surface area contributed by atoms with Crippen LogP contribution in [0.15, 0.2) is 41.4 Å². The first-order chi connectivity index (χ1) is 14.3. The molecule has 0 unspecified atom stereocenters. The Morgan fingerprint density at radius 3 is 2.63 bits per heavy atom. The Morgan fingerprint density at radius 1 is 1.23 bits per heavy atom. The van der Waals surface area contributed by atoms with Gasteiger partial charge in [0.15, 0.2) is 5.82 Å². The number of nitrogens with zero attached hydrogens (tertiary/aromatic N) is 3. The number of nitro groups is 1. The summed E-state index contributed by atoms with van der Waals surface area (Å²) in [6.45, 7) is 1.68. The predicted octanol–water partition coefficient (Wildman–Crippen LogP) is 4.73. The van der Waals surface area contributed by atoms with E-state index in [0.717, 1.165) is 56.2 Å². The third-order valence-corrected chi connectivity index (χ3v) is 5.62. The number of amides is 1. The number of aromatic nitrogens is 1. The van der Waals surface area contributed by atoms with Gasteiger partial charge in [0.1, 0.15) is 0 Å². The number of carbonyl (C=O) groups is 1. The minimum absolute atomic E-state index is 0.00871. The van der Waals surface area contributed by atoms with Crippen LogP contribution in [0.25, 0.3) is 0 Å². The van der Waals surface area contributed by atoms with E-state index in [2.05, 4.69) is 15.2 Å². The van der Waals surface area contributed by atoms with E-state index in [1.807, 2.05) is 0 Å². The molecular formula is C19H19F3N4O3S. The van der Waals surface area contributed by atoms with E-state index in [9.17, 15) is 28.1 Å². The summed E-state index contributed by atoms with van der Waals surface area (Å²) in [5.74, 6) is 0.0390. The maximum atomic E-state index is 12.8. The predicted molar refractivity (Wildman–Crippen MR) is 108 cm³/mol. The normalized spacial score (nSPS) is 14.4. The average Bonchev–Trinajstić information content (AvgIpc) is 2.72. The van der Waals surface area contributed by atoms with Crippen LogP contribution in [0.4, 0.5) is 30.4 Å². The van der Waals surface area contributed by atoms with Crippen LogP contribution >= 0.6 is 11.8 Å². The van der Waals surface area contributed by atoms with Crippen LogP contribution < -0.4 is 10.2 Å². The van der Waals surface area contributed by atoms with E-state index in [1.54, 1.807) is 18.3 Å². The van der Waals surface area contributed by atoms with Crippen molar-refractivity contribution in [3.05, 3.63) is 52.2 Å². The first kappa shape index (κ1) is 21.9. The lowest BCUT2D eigenvalue weighted by Gasteiger charge is -2.29. The highest BCUT2D eigenvalue weighted by molar-refractivity contribution is 8.00. The van der Waals surface area contributed by atoms with Gasteiger partial charge < -0.3 is 10.2 Å². The van der Waals surface area contributed by atoms with Crippen LogP contribution in [-0.2, 0) is 11.0 Å². The molecule has 1 aromatic carbocycles. The standard InChI is InChI=1S/C19H19F3N4O3S/c20-19(21,22)13-6-7-16(15(11-13)26(28)29)30-12-17(27)24-14-5-4-8-23-18(14)25-9-2-1-3-10-25/h4-8,11H,1-3,9-10,12H2,(H,24,27). The SMILES string of the molecule is O=C(CSc1ccc(C(F)(F)F)cc1[N+](=O)[O-])Nc1cccnc1N1CCCCC1. The number of anilines is 2. The summed E-state index contributed by atoms with van der Waals surface area (Å²) in [4.78, 5) is 29.1. The molecule has 11 heteroatoms. The van der Waals surface area contributed by atoms with Crippen LogP contribution in [-0.4, -0.2) is 34.7 Å². The fourth-order valence-electron chi connectivity index (χ4n) is 3.14. The van der Waals surface area contributed by atoms with Crippen molar-refractivity contribution in [1.82, 2.24) is 4.98 Å². The zero-order valence-corrected chi connectivity index (χ0v) is 16.6. The lowest BCUT2D eigenvalue weighted by Crippen LogP contribution is -2.31. The van der Waals surface area contributed by atoms with Gasteiger partial charge in [0.2, 0.25) is 5.91 Å². The highest BCUT2D eigenvalue weighted by atomic mass is 32.2. The van der Waals surface area contributed by atoms with Gasteiger partial charge in [-0.25, -0.2) is 4.98 Å². The van der Waals surface area contributed by atoms with E-state index < -0.39 is 28.3 Å². The highest BCUT2D eigenvalue weighted by Crippen LogP contribution is 2.36. The Morgan fingerprint density at radius 2 is 1.97 bits per heavy atom. The summed E-state index contributed by atoms with van der Waals surface area (Å²) in [5, 5.41) is 13.9. The number of benzene rings is 1. The third-order valence-electron chi connectivity index (χ3n) is 4.56. The van der Waals surface area contributed by atoms with Gasteiger partial charge in [-0.05, 0) is 43.5 Å². The number of alkyl halides is 3. The Bertz CT molecular complexity index is 933. The van der Waals surface area contributed by atoms with Gasteiger partial charge in [-0.1, -0.05) is 0 Å². The number of hydrogen-bond acceptors (Lipinski definition) is 6. The molecule has 2 heterocycles. The van der Waals surface area contributed by atoms with Crippen molar-refractivity contribution >= 4 is 34.9 Å². The van der Waals surface area contributed by atoms with Crippen molar-refractivity contribution in [2.75, 3.05) is 29.1 Å². The van der Waals surface area contributed by atoms with Gasteiger partial charge in [0.25, 0.3) is 5.69 Å². The number of rotatable bonds is 6. The third kappa shape index (κ3) is 5.41. The summed E-state index contributed by atoms with van der Waals surface area (Å²) in [6.07, 6.45) is 0.179. The number of halogens is 3. The molecule has 0 bridgehead atoms. The lowest BCUT2D eigenvalue weighted by molar-refractivity contribution is -0.388. The van der Waals surface area contributed by atoms with Crippen molar-refractivity contribution in [2.24, 2.45) is 0 Å². The van der Waals surface area contributed by atoms with E-state index in [-0.39, 0.29) is 10.6 Å². The number of nitrogens with one attached hydrogen (secondary N) is 1. The molecule has 0 spiro atoms. The minimum atomic E-state index is -4.68. The zero-order valence-electron chi connectivity index (χ0n) is 15.8. The molecule has 1 aliphatic rings. The van der Waals surface area contributed by atoms with Crippen LogP contribution in [0, 0.1) is 10.1 Å². The summed E-state index contributed by atoms with van der Waals surface area (Å²) in [6, 6.07) is 5.68. The lowest BCUT2D eigenvalue weighted by atomic mass is 10.1. The van der Waals surface area contributed by atoms with E-state index in [4.69, 9.17) is 0 Å². The zero-order chi connectivity index (χ0) is 21.7. The van der Waals surface area contributed by atoms with Gasteiger partial charge in [-0.3, -0.25) is 14.9 Å². The maximum absolute atomic E-state index is 12.8. The molecule has 7 nitrogen and oxygen atoms in total. The number of hydrogen-bond donors (Lipinski definition) is 1. The van der Waals surface area contributed by atoms with E-state index in [1.165, 1.54) is 0 Å². The molecule has 0 saturated carbocycles. The topological polar surface area (TPSA) is 88.4 Å². The Hall–Kier alpha value is -2.82. The molecule has 0 aliphatic carbocycles. The number of pyridine rings is 1. The molecule has 1 N–H and O–H groups in total. The smallest absolute Gasteiger partial charge is 0.355 e. The molecule has 0 atom stereocenters. The molecule has 3 rings (SSSR count). The van der Waals surface area contributed by atoms with Crippen molar-refractivity contribution in [2.45, 2.75) is 30.3 Å². The van der Waals surface area contributed by atoms with Gasteiger partial charge in [-0.2, -0.15) is 13.2 Å². The van der Waals surface area contributed by atoms with Crippen molar-refractivity contribution in [3.8, 4) is 0 Å². The van der Waals surface area contributed by atoms with Crippen molar-refractivity contribution < 1.29 is 22.9 Å². The van der Waals surface area contributed by atoms with Crippen molar-refractivity contribution in [1.29, 1.82) is 0 Å². The first-order valence-corrected chi connectivity index (χ1v) is 10.2. The average molecular weight is 440 g/mol. The molecule has 0 radical (unpaired) electrons. The second-order valence-electron chi connectivity index (χ2n) is 6.70. The second kappa shape index (κ2) is 9.33. The molecule has 1 fully saturated rings. The first-order valence-electron chi connectivity index (χ1n) is 9.24. The van der Waals surface area contributed by atoms with Crippen LogP contribution in [0.2, 0.25) is 0 Å². The van der Waals surface area contributed by atoms with Crippen molar-refractivity contribution in [3.63, 3.8) is 0 Å². The summed E-state index contributed by atoms with van der Waals surface area (Å²) in [7, 11) is 0. The summed E-state index contributed by atoms with van der Waals surface area (Å²) >= 11 is 0.808. The van der Waals surface area contributed by atoms with Gasteiger partial charge in [-0.15, -0.1) is 11.8 Å². The fraction of sp³-hybridized carbons (Fsp3) is 0.368. The Balaban J connectivity index is 1.69. The monoisotopic (exact) mass is 440 g/mol. The van der Waals surface area contributed by atoms with Crippen LogP contribution in [0.1, 0.15) is 24.8 Å². The minimum Gasteiger partial charge on any atom is -0.355 e. The molecule has 1 saturated heterocycles. The molecule has 1 amide bonds. The maximum Gasteiger partial charge on any atom is 0.416 e. The molecule has 1 aliphatic heterocycles. The van der Waals surface area contributed by atoms with Crippen LogP contribution in [0.3, 0.4) is 0 Å². The molecule has 2 aromatic rings. The number of carbonyl (C=O) groups excluding carboxylic acids is 1. The number of thioether (sulfide) groups is 1. The summed E-state index contributed by atoms with van der Waals surface area (Å²) in [5.41, 5.74) is -1.26. The molecule has 160 valence electrons. The van der Waals surface area contributed by atoms with Crippen LogP contribution in [0.5, 0.6) is 0 Å². The van der Waals surface area contributed by atoms with Gasteiger partial charge in [0, 0.05) is 25.4 Å². The second-order valence-corrected chi connectivity index (χ2v) is 7.71. The number of nitro benzene ring substituents is 1. The molecular weight excluding hydrogens is 421 g/mol. The molecule has 1 aromatic heterocycles. The molecule has 30 heavy (non-hydrogen) atoms. The quantitative estimate of drug-likeness (QED) is 0.397.